The van der Waals surface area contributed by atoms with Gasteiger partial charge >= 0.3 is 0 Å². The van der Waals surface area contributed by atoms with Crippen LogP contribution in [0.25, 0.3) is 0 Å². The molecule has 0 nitrogen and oxygen atoms in total. The average Bonchev–Trinajstić information content (AvgIpc) is 2.67. The van der Waals surface area contributed by atoms with Crippen LogP contribution >= 0.6 is 0 Å². The predicted octanol–water partition coefficient (Wildman–Crippen LogP) is 5.83. The summed E-state index contributed by atoms with van der Waals surface area (Å²) >= 11 is 0. The van der Waals surface area contributed by atoms with Gasteiger partial charge in [0.25, 0.3) is 0 Å². The average molecular weight is 248 g/mol. The molecule has 0 aliphatic heterocycles. The molecule has 2 fully saturated rings. The molecule has 0 radical (unpaired) electrons. The van der Waals surface area contributed by atoms with Gasteiger partial charge in [-0.15, -0.1) is 6.58 Å². The van der Waals surface area contributed by atoms with Gasteiger partial charge in [0, 0.05) is 0 Å². The molecule has 0 heteroatoms. The molecule has 2 rings (SSSR count). The fraction of sp³-hybridized carbons (Fsp3) is 0.889. The van der Waals surface area contributed by atoms with Crippen LogP contribution in [0.3, 0.4) is 0 Å². The lowest BCUT2D eigenvalue weighted by molar-refractivity contribution is 0.0992. The lowest BCUT2D eigenvalue weighted by Gasteiger charge is -2.40. The van der Waals surface area contributed by atoms with Gasteiger partial charge in [0.05, 0.1) is 0 Å². The first-order valence-electron chi connectivity index (χ1n) is 8.15. The lowest BCUT2D eigenvalue weighted by atomic mass is 9.65. The Morgan fingerprint density at radius 3 is 2.67 bits per heavy atom. The zero-order chi connectivity index (χ0) is 13.2. The van der Waals surface area contributed by atoms with Gasteiger partial charge in [0.15, 0.2) is 0 Å². The van der Waals surface area contributed by atoms with E-state index < -0.39 is 0 Å². The molecular weight excluding hydrogens is 216 g/mol. The second-order valence-electron chi connectivity index (χ2n) is 7.65. The highest BCUT2D eigenvalue weighted by Gasteiger charge is 2.41. The number of hydrogen-bond acceptors (Lipinski definition) is 0. The molecule has 4 unspecified atom stereocenters. The third-order valence-corrected chi connectivity index (χ3v) is 6.17. The standard InChI is InChI=1S/C18H32/c1-5-6-9-15-11-12-16-10-7-8-14(2)18(3,4)13-17(15)16/h5,14-17H,1,6-13H2,2-4H3. The fourth-order valence-electron chi connectivity index (χ4n) is 4.51. The summed E-state index contributed by atoms with van der Waals surface area (Å²) in [4.78, 5) is 0. The van der Waals surface area contributed by atoms with Gasteiger partial charge in [-0.3, -0.25) is 0 Å². The Kier molecular flexibility index (Phi) is 4.56. The summed E-state index contributed by atoms with van der Waals surface area (Å²) in [6, 6.07) is 0. The van der Waals surface area contributed by atoms with E-state index in [0.717, 1.165) is 23.7 Å². The molecular formula is C18H32. The Bertz CT molecular complexity index is 276. The quantitative estimate of drug-likeness (QED) is 0.551. The van der Waals surface area contributed by atoms with Crippen LogP contribution in [-0.4, -0.2) is 0 Å². The minimum Gasteiger partial charge on any atom is -0.103 e. The first-order valence-corrected chi connectivity index (χ1v) is 8.15. The Morgan fingerprint density at radius 2 is 1.94 bits per heavy atom. The second-order valence-corrected chi connectivity index (χ2v) is 7.65. The smallest absolute Gasteiger partial charge is 0.0326 e. The molecule has 2 aliphatic rings. The van der Waals surface area contributed by atoms with Gasteiger partial charge in [0.2, 0.25) is 0 Å². The minimum absolute atomic E-state index is 0.556. The lowest BCUT2D eigenvalue weighted by Crippen LogP contribution is -2.31. The highest BCUT2D eigenvalue weighted by atomic mass is 14.5. The maximum Gasteiger partial charge on any atom is -0.0326 e. The van der Waals surface area contributed by atoms with Gasteiger partial charge in [-0.25, -0.2) is 0 Å². The summed E-state index contributed by atoms with van der Waals surface area (Å²) in [6.45, 7) is 11.4. The Hall–Kier alpha value is -0.260. The summed E-state index contributed by atoms with van der Waals surface area (Å²) in [5.41, 5.74) is 0.556. The van der Waals surface area contributed by atoms with Gasteiger partial charge in [0.1, 0.15) is 0 Å². The van der Waals surface area contributed by atoms with E-state index in [-0.39, 0.29) is 0 Å². The van der Waals surface area contributed by atoms with Crippen molar-refractivity contribution in [1.29, 1.82) is 0 Å². The molecule has 2 aliphatic carbocycles. The summed E-state index contributed by atoms with van der Waals surface area (Å²) in [6.07, 6.45) is 13.7. The first-order chi connectivity index (χ1) is 8.54. The number of hydrogen-bond donors (Lipinski definition) is 0. The number of rotatable bonds is 3. The van der Waals surface area contributed by atoms with Crippen LogP contribution < -0.4 is 0 Å². The largest absolute Gasteiger partial charge is 0.103 e. The zero-order valence-electron chi connectivity index (χ0n) is 12.8. The molecule has 2 saturated carbocycles. The van der Waals surface area contributed by atoms with Crippen molar-refractivity contribution >= 4 is 0 Å². The fourth-order valence-corrected chi connectivity index (χ4v) is 4.51. The van der Waals surface area contributed by atoms with Crippen molar-refractivity contribution in [3.63, 3.8) is 0 Å². The number of fused-ring (bicyclic) bond motifs is 1. The van der Waals surface area contributed by atoms with E-state index in [1.807, 2.05) is 0 Å². The molecule has 18 heavy (non-hydrogen) atoms. The molecule has 0 saturated heterocycles. The third kappa shape index (κ3) is 3.00. The van der Waals surface area contributed by atoms with Gasteiger partial charge in [-0.2, -0.15) is 0 Å². The highest BCUT2D eigenvalue weighted by Crippen LogP contribution is 2.51. The van der Waals surface area contributed by atoms with Crippen LogP contribution in [0, 0.1) is 29.1 Å². The Labute approximate surface area is 114 Å². The zero-order valence-corrected chi connectivity index (χ0v) is 12.8. The summed E-state index contributed by atoms with van der Waals surface area (Å²) < 4.78 is 0. The van der Waals surface area contributed by atoms with E-state index in [2.05, 4.69) is 33.4 Å². The van der Waals surface area contributed by atoms with Gasteiger partial charge in [-0.05, 0) is 61.2 Å². The van der Waals surface area contributed by atoms with Crippen LogP contribution in [0.15, 0.2) is 12.7 Å². The van der Waals surface area contributed by atoms with Crippen molar-refractivity contribution in [3.05, 3.63) is 12.7 Å². The van der Waals surface area contributed by atoms with Crippen LogP contribution in [0.2, 0.25) is 0 Å². The molecule has 0 aromatic rings. The number of allylic oxidation sites excluding steroid dienone is 1. The van der Waals surface area contributed by atoms with Crippen LogP contribution in [0.5, 0.6) is 0 Å². The van der Waals surface area contributed by atoms with Crippen LogP contribution in [0.4, 0.5) is 0 Å². The van der Waals surface area contributed by atoms with E-state index >= 15 is 0 Å². The molecule has 0 amide bonds. The molecule has 0 N–H and O–H groups in total. The minimum atomic E-state index is 0.556. The molecule has 0 bridgehead atoms. The Balaban J connectivity index is 2.06. The predicted molar refractivity (Wildman–Crippen MR) is 80.5 cm³/mol. The highest BCUT2D eigenvalue weighted by molar-refractivity contribution is 4.92. The normalized spacial score (nSPS) is 39.7. The monoisotopic (exact) mass is 248 g/mol. The summed E-state index contributed by atoms with van der Waals surface area (Å²) in [5.74, 6) is 3.96. The summed E-state index contributed by atoms with van der Waals surface area (Å²) in [5, 5.41) is 0. The van der Waals surface area contributed by atoms with Crippen molar-refractivity contribution in [2.75, 3.05) is 0 Å². The van der Waals surface area contributed by atoms with Crippen molar-refractivity contribution in [2.45, 2.75) is 72.1 Å². The van der Waals surface area contributed by atoms with E-state index in [1.54, 1.807) is 0 Å². The SMILES string of the molecule is C=CCCC1CCC2CCCC(C)C(C)(C)CC12. The van der Waals surface area contributed by atoms with Crippen LogP contribution in [-0.2, 0) is 0 Å². The van der Waals surface area contributed by atoms with Gasteiger partial charge < -0.3 is 0 Å². The molecule has 0 aromatic heterocycles. The maximum absolute atomic E-state index is 3.90. The second kappa shape index (κ2) is 5.80. The summed E-state index contributed by atoms with van der Waals surface area (Å²) in [7, 11) is 0. The van der Waals surface area contributed by atoms with Crippen molar-refractivity contribution in [1.82, 2.24) is 0 Å². The van der Waals surface area contributed by atoms with E-state index in [0.29, 0.717) is 5.41 Å². The van der Waals surface area contributed by atoms with Gasteiger partial charge in [-0.1, -0.05) is 46.1 Å². The molecule has 104 valence electrons. The Morgan fingerprint density at radius 1 is 1.17 bits per heavy atom. The molecule has 0 spiro atoms. The van der Waals surface area contributed by atoms with Crippen molar-refractivity contribution < 1.29 is 0 Å². The molecule has 4 atom stereocenters. The van der Waals surface area contributed by atoms with Crippen molar-refractivity contribution in [2.24, 2.45) is 29.1 Å². The van der Waals surface area contributed by atoms with E-state index in [9.17, 15) is 0 Å². The van der Waals surface area contributed by atoms with Crippen LogP contribution in [0.1, 0.15) is 72.1 Å². The molecule has 0 heterocycles. The van der Waals surface area contributed by atoms with Crippen molar-refractivity contribution in [3.8, 4) is 0 Å². The topological polar surface area (TPSA) is 0 Å². The third-order valence-electron chi connectivity index (χ3n) is 6.17. The van der Waals surface area contributed by atoms with E-state index in [1.165, 1.54) is 51.4 Å². The first kappa shape index (κ1) is 14.2. The maximum atomic E-state index is 3.90. The van der Waals surface area contributed by atoms with E-state index in [4.69, 9.17) is 0 Å². The molecule has 0 aromatic carbocycles.